The largest absolute Gasteiger partial charge is 0.343 e. The maximum absolute atomic E-state index is 11.9. The summed E-state index contributed by atoms with van der Waals surface area (Å²) in [5, 5.41) is 3.33. The lowest BCUT2D eigenvalue weighted by Crippen LogP contribution is -2.51. The number of rotatable bonds is 3. The second kappa shape index (κ2) is 5.47. The Labute approximate surface area is 92.6 Å². The number of hydrogen-bond acceptors (Lipinski definition) is 3. The van der Waals surface area contributed by atoms with Crippen LogP contribution in [0, 0.1) is 0 Å². The van der Waals surface area contributed by atoms with Crippen LogP contribution in [0.25, 0.3) is 0 Å². The highest BCUT2D eigenvalue weighted by Gasteiger charge is 2.23. The van der Waals surface area contributed by atoms with Gasteiger partial charge in [0.2, 0.25) is 5.91 Å². The summed E-state index contributed by atoms with van der Waals surface area (Å²) >= 11 is 0. The molecule has 1 saturated heterocycles. The third-order valence-electron chi connectivity index (χ3n) is 3.22. The van der Waals surface area contributed by atoms with Crippen molar-refractivity contribution < 1.29 is 4.79 Å². The van der Waals surface area contributed by atoms with Crippen molar-refractivity contribution in [2.45, 2.75) is 32.4 Å². The summed E-state index contributed by atoms with van der Waals surface area (Å²) < 4.78 is 0. The number of carbonyl (C=O) groups is 1. The highest BCUT2D eigenvalue weighted by atomic mass is 16.2. The molecule has 1 atom stereocenters. The summed E-state index contributed by atoms with van der Waals surface area (Å²) in [5.41, 5.74) is 0. The molecule has 1 N–H and O–H groups in total. The summed E-state index contributed by atoms with van der Waals surface area (Å²) in [6.45, 7) is 7.07. The lowest BCUT2D eigenvalue weighted by molar-refractivity contribution is -0.132. The molecule has 1 heterocycles. The molecule has 15 heavy (non-hydrogen) atoms. The Morgan fingerprint density at radius 2 is 2.27 bits per heavy atom. The van der Waals surface area contributed by atoms with E-state index in [-0.39, 0.29) is 5.91 Å². The molecule has 1 rings (SSSR count). The number of piperazine rings is 1. The molecule has 1 aliphatic rings. The van der Waals surface area contributed by atoms with E-state index in [1.54, 1.807) is 0 Å². The standard InChI is InChI=1S/C11H23N3O/c1-9(2)14(4)11(15)7-10-8-12-5-6-13(10)3/h9-10,12H,5-8H2,1-4H3. The average Bonchev–Trinajstić information content (AvgIpc) is 2.20. The van der Waals surface area contributed by atoms with E-state index in [0.717, 1.165) is 19.6 Å². The zero-order valence-corrected chi connectivity index (χ0v) is 10.3. The summed E-state index contributed by atoms with van der Waals surface area (Å²) in [4.78, 5) is 16.0. The average molecular weight is 213 g/mol. The summed E-state index contributed by atoms with van der Waals surface area (Å²) in [6, 6.07) is 0.645. The summed E-state index contributed by atoms with van der Waals surface area (Å²) in [5.74, 6) is 0.241. The normalized spacial score (nSPS) is 23.1. The molecule has 0 saturated carbocycles. The van der Waals surface area contributed by atoms with Gasteiger partial charge >= 0.3 is 0 Å². The van der Waals surface area contributed by atoms with Gasteiger partial charge in [0, 0.05) is 45.2 Å². The van der Waals surface area contributed by atoms with Gasteiger partial charge in [-0.05, 0) is 20.9 Å². The maximum Gasteiger partial charge on any atom is 0.224 e. The molecule has 0 aromatic rings. The van der Waals surface area contributed by atoms with E-state index in [1.165, 1.54) is 0 Å². The smallest absolute Gasteiger partial charge is 0.224 e. The minimum absolute atomic E-state index is 0.241. The first-order valence-corrected chi connectivity index (χ1v) is 5.69. The Morgan fingerprint density at radius 1 is 1.60 bits per heavy atom. The molecule has 0 bridgehead atoms. The molecule has 0 radical (unpaired) electrons. The van der Waals surface area contributed by atoms with Crippen LogP contribution < -0.4 is 5.32 Å². The van der Waals surface area contributed by atoms with Gasteiger partial charge in [-0.1, -0.05) is 0 Å². The number of amides is 1. The molecule has 1 unspecified atom stereocenters. The predicted molar refractivity (Wildman–Crippen MR) is 61.8 cm³/mol. The molecule has 0 aliphatic carbocycles. The monoisotopic (exact) mass is 213 g/mol. The lowest BCUT2D eigenvalue weighted by Gasteiger charge is -2.34. The molecule has 88 valence electrons. The van der Waals surface area contributed by atoms with E-state index in [4.69, 9.17) is 0 Å². The van der Waals surface area contributed by atoms with Gasteiger partial charge < -0.3 is 15.1 Å². The van der Waals surface area contributed by atoms with E-state index < -0.39 is 0 Å². The lowest BCUT2D eigenvalue weighted by atomic mass is 10.1. The Bertz CT molecular complexity index is 218. The Kier molecular flexibility index (Phi) is 4.54. The van der Waals surface area contributed by atoms with Crippen LogP contribution in [0.2, 0.25) is 0 Å². The minimum atomic E-state index is 0.241. The number of nitrogens with one attached hydrogen (secondary N) is 1. The topological polar surface area (TPSA) is 35.6 Å². The minimum Gasteiger partial charge on any atom is -0.343 e. The third-order valence-corrected chi connectivity index (χ3v) is 3.22. The fraction of sp³-hybridized carbons (Fsp3) is 0.909. The summed E-state index contributed by atoms with van der Waals surface area (Å²) in [6.07, 6.45) is 0.623. The van der Waals surface area contributed by atoms with Crippen LogP contribution in [-0.4, -0.2) is 61.5 Å². The van der Waals surface area contributed by atoms with E-state index in [2.05, 4.69) is 17.3 Å². The number of likely N-dealkylation sites (N-methyl/N-ethyl adjacent to an activating group) is 1. The van der Waals surface area contributed by atoms with Gasteiger partial charge in [0.15, 0.2) is 0 Å². The van der Waals surface area contributed by atoms with Crippen molar-refractivity contribution in [3.8, 4) is 0 Å². The van der Waals surface area contributed by atoms with Crippen LogP contribution in [0.15, 0.2) is 0 Å². The maximum atomic E-state index is 11.9. The zero-order valence-electron chi connectivity index (χ0n) is 10.3. The van der Waals surface area contributed by atoms with Crippen molar-refractivity contribution in [3.05, 3.63) is 0 Å². The van der Waals surface area contributed by atoms with Gasteiger partial charge in [-0.3, -0.25) is 4.79 Å². The quantitative estimate of drug-likeness (QED) is 0.725. The van der Waals surface area contributed by atoms with Gasteiger partial charge in [0.1, 0.15) is 0 Å². The van der Waals surface area contributed by atoms with Crippen molar-refractivity contribution in [1.82, 2.24) is 15.1 Å². The number of carbonyl (C=O) groups excluding carboxylic acids is 1. The van der Waals surface area contributed by atoms with Gasteiger partial charge in [-0.2, -0.15) is 0 Å². The van der Waals surface area contributed by atoms with Crippen molar-refractivity contribution >= 4 is 5.91 Å². The first kappa shape index (κ1) is 12.5. The van der Waals surface area contributed by atoms with E-state index in [1.807, 2.05) is 25.8 Å². The van der Waals surface area contributed by atoms with Crippen molar-refractivity contribution in [3.63, 3.8) is 0 Å². The molecule has 0 spiro atoms. The molecule has 0 aromatic heterocycles. The van der Waals surface area contributed by atoms with Gasteiger partial charge in [-0.25, -0.2) is 0 Å². The van der Waals surface area contributed by atoms with E-state index in [9.17, 15) is 4.79 Å². The first-order valence-electron chi connectivity index (χ1n) is 5.69. The van der Waals surface area contributed by atoms with Gasteiger partial charge in [0.05, 0.1) is 0 Å². The fourth-order valence-electron chi connectivity index (χ4n) is 1.72. The SMILES string of the molecule is CC(C)N(C)C(=O)CC1CNCCN1C. The van der Waals surface area contributed by atoms with Gasteiger partial charge in [-0.15, -0.1) is 0 Å². The molecule has 1 fully saturated rings. The fourth-order valence-corrected chi connectivity index (χ4v) is 1.72. The van der Waals surface area contributed by atoms with Crippen molar-refractivity contribution in [1.29, 1.82) is 0 Å². The van der Waals surface area contributed by atoms with E-state index >= 15 is 0 Å². The molecule has 1 aliphatic heterocycles. The van der Waals surface area contributed by atoms with Crippen LogP contribution in [0.5, 0.6) is 0 Å². The number of nitrogens with zero attached hydrogens (tertiary/aromatic N) is 2. The van der Waals surface area contributed by atoms with Crippen LogP contribution in [0.4, 0.5) is 0 Å². The molecular weight excluding hydrogens is 190 g/mol. The van der Waals surface area contributed by atoms with E-state index in [0.29, 0.717) is 18.5 Å². The number of hydrogen-bond donors (Lipinski definition) is 1. The molecule has 4 heteroatoms. The molecular formula is C11H23N3O. The predicted octanol–water partition coefficient (Wildman–Crippen LogP) is 0.147. The van der Waals surface area contributed by atoms with Crippen LogP contribution in [0.3, 0.4) is 0 Å². The molecule has 1 amide bonds. The van der Waals surface area contributed by atoms with Crippen molar-refractivity contribution in [2.75, 3.05) is 33.7 Å². The van der Waals surface area contributed by atoms with Crippen LogP contribution >= 0.6 is 0 Å². The second-order valence-electron chi connectivity index (χ2n) is 4.64. The Balaban J connectivity index is 2.42. The highest BCUT2D eigenvalue weighted by Crippen LogP contribution is 2.08. The third kappa shape index (κ3) is 3.47. The van der Waals surface area contributed by atoms with Crippen molar-refractivity contribution in [2.24, 2.45) is 0 Å². The first-order chi connectivity index (χ1) is 7.02. The van der Waals surface area contributed by atoms with Crippen LogP contribution in [0.1, 0.15) is 20.3 Å². The van der Waals surface area contributed by atoms with Gasteiger partial charge in [0.25, 0.3) is 0 Å². The molecule has 0 aromatic carbocycles. The summed E-state index contributed by atoms with van der Waals surface area (Å²) in [7, 11) is 3.97. The van der Waals surface area contributed by atoms with Crippen LogP contribution in [-0.2, 0) is 4.79 Å². The Morgan fingerprint density at radius 3 is 2.80 bits per heavy atom. The Hall–Kier alpha value is -0.610. The second-order valence-corrected chi connectivity index (χ2v) is 4.64. The highest BCUT2D eigenvalue weighted by molar-refractivity contribution is 5.76. The zero-order chi connectivity index (χ0) is 11.4. The molecule has 4 nitrogen and oxygen atoms in total.